The molecule has 2 rings (SSSR count). The molecule has 6 heteroatoms. The van der Waals surface area contributed by atoms with Crippen molar-refractivity contribution in [3.05, 3.63) is 35.4 Å². The Morgan fingerprint density at radius 2 is 2.20 bits per heavy atom. The normalized spacial score (nSPS) is 19.4. The Hall–Kier alpha value is -1.42. The Labute approximate surface area is 119 Å². The largest absolute Gasteiger partial charge is 0.381 e. The molecule has 108 valence electrons. The molecule has 1 heterocycles. The Bertz CT molecular complexity index is 587. The summed E-state index contributed by atoms with van der Waals surface area (Å²) >= 11 is 0. The van der Waals surface area contributed by atoms with Gasteiger partial charge in [-0.05, 0) is 30.4 Å². The van der Waals surface area contributed by atoms with Crippen LogP contribution in [0.5, 0.6) is 0 Å². The molecule has 1 saturated heterocycles. The van der Waals surface area contributed by atoms with Crippen LogP contribution in [0, 0.1) is 17.2 Å². The van der Waals surface area contributed by atoms with Crippen LogP contribution in [0.2, 0.25) is 0 Å². The van der Waals surface area contributed by atoms with Crippen molar-refractivity contribution in [1.82, 2.24) is 4.72 Å². The van der Waals surface area contributed by atoms with Crippen molar-refractivity contribution in [3.8, 4) is 6.07 Å². The molecule has 20 heavy (non-hydrogen) atoms. The Morgan fingerprint density at radius 3 is 2.90 bits per heavy atom. The smallest absolute Gasteiger partial charge is 0.215 e. The molecule has 0 amide bonds. The third-order valence-corrected chi connectivity index (χ3v) is 4.63. The fourth-order valence-corrected chi connectivity index (χ4v) is 3.48. The van der Waals surface area contributed by atoms with Gasteiger partial charge in [-0.1, -0.05) is 18.2 Å². The van der Waals surface area contributed by atoms with E-state index < -0.39 is 10.0 Å². The van der Waals surface area contributed by atoms with E-state index in [2.05, 4.69) is 4.72 Å². The van der Waals surface area contributed by atoms with Crippen molar-refractivity contribution in [2.24, 2.45) is 5.92 Å². The Kier molecular flexibility index (Phi) is 5.12. The number of benzene rings is 1. The number of nitrogens with one attached hydrogen (secondary N) is 1. The zero-order valence-corrected chi connectivity index (χ0v) is 12.0. The van der Waals surface area contributed by atoms with Gasteiger partial charge in [-0.25, -0.2) is 13.1 Å². The van der Waals surface area contributed by atoms with E-state index in [-0.39, 0.29) is 11.7 Å². The van der Waals surface area contributed by atoms with Gasteiger partial charge in [0.1, 0.15) is 0 Å². The van der Waals surface area contributed by atoms with Crippen LogP contribution >= 0.6 is 0 Å². The Balaban J connectivity index is 1.95. The molecule has 1 aliphatic heterocycles. The molecule has 0 aromatic heterocycles. The average molecular weight is 294 g/mol. The van der Waals surface area contributed by atoms with Crippen LogP contribution in [0.1, 0.15) is 24.0 Å². The first kappa shape index (κ1) is 15.0. The molecular formula is C14H18N2O3S. The summed E-state index contributed by atoms with van der Waals surface area (Å²) in [5.74, 6) is 0.0781. The van der Waals surface area contributed by atoms with E-state index in [0.29, 0.717) is 24.3 Å². The van der Waals surface area contributed by atoms with Gasteiger partial charge in [0.25, 0.3) is 0 Å². The zero-order chi connectivity index (χ0) is 14.4. The molecule has 1 aliphatic rings. The lowest BCUT2D eigenvalue weighted by atomic mass is 10.0. The van der Waals surface area contributed by atoms with E-state index in [1.807, 2.05) is 6.07 Å². The van der Waals surface area contributed by atoms with Crippen molar-refractivity contribution < 1.29 is 13.2 Å². The summed E-state index contributed by atoms with van der Waals surface area (Å²) in [4.78, 5) is 0. The molecule has 0 spiro atoms. The summed E-state index contributed by atoms with van der Waals surface area (Å²) < 4.78 is 32.0. The minimum Gasteiger partial charge on any atom is -0.381 e. The first-order valence-electron chi connectivity index (χ1n) is 6.64. The summed E-state index contributed by atoms with van der Waals surface area (Å²) in [6.45, 7) is 1.77. The molecule has 1 atom stereocenters. The monoisotopic (exact) mass is 294 g/mol. The molecule has 0 radical (unpaired) electrons. The minimum absolute atomic E-state index is 0.162. The van der Waals surface area contributed by atoms with Crippen molar-refractivity contribution in [2.45, 2.75) is 18.6 Å². The lowest BCUT2D eigenvalue weighted by Gasteiger charge is -2.22. The molecular weight excluding hydrogens is 276 g/mol. The predicted molar refractivity (Wildman–Crippen MR) is 75.3 cm³/mol. The fourth-order valence-electron chi connectivity index (χ4n) is 2.22. The van der Waals surface area contributed by atoms with Crippen LogP contribution in [0.15, 0.2) is 24.3 Å². The standard InChI is InChI=1S/C14H18N2O3S/c15-8-13-5-1-2-6-14(13)11-20(17,18)16-9-12-4-3-7-19-10-12/h1-2,5-6,12,16H,3-4,7,9-11H2. The summed E-state index contributed by atoms with van der Waals surface area (Å²) in [6, 6.07) is 8.76. The quantitative estimate of drug-likeness (QED) is 0.890. The summed E-state index contributed by atoms with van der Waals surface area (Å²) in [7, 11) is -3.42. The molecule has 1 fully saturated rings. The maximum Gasteiger partial charge on any atom is 0.215 e. The summed E-state index contributed by atoms with van der Waals surface area (Å²) in [5.41, 5.74) is 0.932. The molecule has 1 unspecified atom stereocenters. The number of nitriles is 1. The SMILES string of the molecule is N#Cc1ccccc1CS(=O)(=O)NCC1CCCOC1. The van der Waals surface area contributed by atoms with Crippen LogP contribution in [0.25, 0.3) is 0 Å². The molecule has 1 aromatic carbocycles. The fraction of sp³-hybridized carbons (Fsp3) is 0.500. The predicted octanol–water partition coefficient (Wildman–Crippen LogP) is 1.40. The van der Waals surface area contributed by atoms with Gasteiger partial charge < -0.3 is 4.74 Å². The molecule has 0 bridgehead atoms. The van der Waals surface area contributed by atoms with Crippen molar-refractivity contribution in [3.63, 3.8) is 0 Å². The Morgan fingerprint density at radius 1 is 1.40 bits per heavy atom. The van der Waals surface area contributed by atoms with E-state index >= 15 is 0 Å². The van der Waals surface area contributed by atoms with Gasteiger partial charge in [-0.2, -0.15) is 5.26 Å². The second kappa shape index (κ2) is 6.84. The van der Waals surface area contributed by atoms with E-state index in [9.17, 15) is 8.42 Å². The third-order valence-electron chi connectivity index (χ3n) is 3.33. The lowest BCUT2D eigenvalue weighted by molar-refractivity contribution is 0.0568. The summed E-state index contributed by atoms with van der Waals surface area (Å²) in [5, 5.41) is 8.97. The molecule has 5 nitrogen and oxygen atoms in total. The minimum atomic E-state index is -3.42. The van der Waals surface area contributed by atoms with Gasteiger partial charge in [0, 0.05) is 13.2 Å². The maximum absolute atomic E-state index is 12.0. The van der Waals surface area contributed by atoms with E-state index in [1.54, 1.807) is 24.3 Å². The van der Waals surface area contributed by atoms with Gasteiger partial charge in [0.2, 0.25) is 10.0 Å². The number of ether oxygens (including phenoxy) is 1. The highest BCUT2D eigenvalue weighted by Crippen LogP contribution is 2.14. The zero-order valence-electron chi connectivity index (χ0n) is 11.2. The van der Waals surface area contributed by atoms with Gasteiger partial charge >= 0.3 is 0 Å². The van der Waals surface area contributed by atoms with Crippen LogP contribution in [-0.2, 0) is 20.5 Å². The number of nitrogens with zero attached hydrogens (tertiary/aromatic N) is 1. The van der Waals surface area contributed by atoms with Crippen LogP contribution in [-0.4, -0.2) is 28.2 Å². The van der Waals surface area contributed by atoms with Gasteiger partial charge in [-0.15, -0.1) is 0 Å². The average Bonchev–Trinajstić information content (AvgIpc) is 2.47. The van der Waals surface area contributed by atoms with E-state index in [4.69, 9.17) is 10.00 Å². The number of hydrogen-bond acceptors (Lipinski definition) is 4. The van der Waals surface area contributed by atoms with Crippen molar-refractivity contribution in [1.29, 1.82) is 5.26 Å². The third kappa shape index (κ3) is 4.30. The van der Waals surface area contributed by atoms with E-state index in [0.717, 1.165) is 19.4 Å². The topological polar surface area (TPSA) is 79.2 Å². The number of rotatable bonds is 5. The van der Waals surface area contributed by atoms with Crippen molar-refractivity contribution >= 4 is 10.0 Å². The van der Waals surface area contributed by atoms with Crippen LogP contribution < -0.4 is 4.72 Å². The highest BCUT2D eigenvalue weighted by Gasteiger charge is 2.18. The molecule has 0 aliphatic carbocycles. The highest BCUT2D eigenvalue weighted by molar-refractivity contribution is 7.88. The lowest BCUT2D eigenvalue weighted by Crippen LogP contribution is -2.34. The second-order valence-electron chi connectivity index (χ2n) is 4.96. The van der Waals surface area contributed by atoms with Crippen LogP contribution in [0.4, 0.5) is 0 Å². The second-order valence-corrected chi connectivity index (χ2v) is 6.77. The van der Waals surface area contributed by atoms with E-state index in [1.165, 1.54) is 0 Å². The van der Waals surface area contributed by atoms with Gasteiger partial charge in [0.05, 0.1) is 24.0 Å². The van der Waals surface area contributed by atoms with Crippen LogP contribution in [0.3, 0.4) is 0 Å². The first-order chi connectivity index (χ1) is 9.61. The van der Waals surface area contributed by atoms with Crippen molar-refractivity contribution in [2.75, 3.05) is 19.8 Å². The first-order valence-corrected chi connectivity index (χ1v) is 8.29. The summed E-state index contributed by atoms with van der Waals surface area (Å²) in [6.07, 6.45) is 1.96. The molecule has 1 aromatic rings. The molecule has 0 saturated carbocycles. The maximum atomic E-state index is 12.0. The number of sulfonamides is 1. The van der Waals surface area contributed by atoms with Gasteiger partial charge in [0.15, 0.2) is 0 Å². The highest BCUT2D eigenvalue weighted by atomic mass is 32.2. The van der Waals surface area contributed by atoms with Gasteiger partial charge in [-0.3, -0.25) is 0 Å². The molecule has 1 N–H and O–H groups in total. The number of hydrogen-bond donors (Lipinski definition) is 1.